The van der Waals surface area contributed by atoms with Crippen LogP contribution in [0.15, 0.2) is 41.1 Å². The average molecular weight is 324 g/mol. The number of halogens is 1. The summed E-state index contributed by atoms with van der Waals surface area (Å²) in [6, 6.07) is 5.98. The van der Waals surface area contributed by atoms with E-state index in [0.717, 1.165) is 5.56 Å². The Kier molecular flexibility index (Phi) is 3.96. The molecule has 2 N–H and O–H groups in total. The molecule has 0 atom stereocenters. The smallest absolute Gasteiger partial charge is 0.271 e. The zero-order valence-corrected chi connectivity index (χ0v) is 11.3. The maximum atomic E-state index is 11.9. The molecule has 7 heteroatoms. The third-order valence-electron chi connectivity index (χ3n) is 2.47. The number of amides is 1. The molecule has 0 saturated carbocycles. The van der Waals surface area contributed by atoms with Gasteiger partial charge in [0, 0.05) is 41.1 Å². The van der Waals surface area contributed by atoms with Crippen LogP contribution in [0, 0.1) is 10.1 Å². The van der Waals surface area contributed by atoms with Gasteiger partial charge >= 0.3 is 0 Å². The number of carbonyl (C=O) groups is 1. The Labute approximate surface area is 117 Å². The summed E-state index contributed by atoms with van der Waals surface area (Å²) in [5.41, 5.74) is 1.05. The number of non-ortho nitro benzene ring substituents is 1. The second kappa shape index (κ2) is 5.66. The van der Waals surface area contributed by atoms with Crippen molar-refractivity contribution in [1.29, 1.82) is 0 Å². The highest BCUT2D eigenvalue weighted by Crippen LogP contribution is 2.21. The Balaban J connectivity index is 2.12. The van der Waals surface area contributed by atoms with E-state index in [9.17, 15) is 14.9 Å². The Morgan fingerprint density at radius 2 is 2.21 bits per heavy atom. The van der Waals surface area contributed by atoms with Crippen molar-refractivity contribution in [3.8, 4) is 0 Å². The van der Waals surface area contributed by atoms with Crippen LogP contribution in [-0.4, -0.2) is 15.8 Å². The van der Waals surface area contributed by atoms with Crippen molar-refractivity contribution in [2.45, 2.75) is 6.54 Å². The lowest BCUT2D eigenvalue weighted by Crippen LogP contribution is -2.22. The van der Waals surface area contributed by atoms with Crippen molar-refractivity contribution in [1.82, 2.24) is 10.3 Å². The quantitative estimate of drug-likeness (QED) is 0.669. The standard InChI is InChI=1S/C12H10BrN3O3/c13-10-3-9(4-11(5-10)16(18)19)12(17)15-7-8-1-2-14-6-8/h1-6,14H,7H2,(H,15,17). The number of benzene rings is 1. The van der Waals surface area contributed by atoms with Gasteiger partial charge in [0.1, 0.15) is 0 Å². The molecule has 0 radical (unpaired) electrons. The topological polar surface area (TPSA) is 88.0 Å². The first-order chi connectivity index (χ1) is 9.06. The van der Waals surface area contributed by atoms with Crippen molar-refractivity contribution >= 4 is 27.5 Å². The molecule has 2 rings (SSSR count). The van der Waals surface area contributed by atoms with Gasteiger partial charge in [0.05, 0.1) is 4.92 Å². The zero-order valence-electron chi connectivity index (χ0n) is 9.72. The van der Waals surface area contributed by atoms with Gasteiger partial charge in [-0.15, -0.1) is 0 Å². The van der Waals surface area contributed by atoms with E-state index >= 15 is 0 Å². The summed E-state index contributed by atoms with van der Waals surface area (Å²) < 4.78 is 0.494. The number of nitrogens with zero attached hydrogens (tertiary/aromatic N) is 1. The van der Waals surface area contributed by atoms with Gasteiger partial charge in [-0.25, -0.2) is 0 Å². The highest BCUT2D eigenvalue weighted by atomic mass is 79.9. The van der Waals surface area contributed by atoms with E-state index in [0.29, 0.717) is 11.0 Å². The molecule has 0 bridgehead atoms. The van der Waals surface area contributed by atoms with Gasteiger partial charge in [-0.3, -0.25) is 14.9 Å². The second-order valence-corrected chi connectivity index (χ2v) is 4.77. The van der Waals surface area contributed by atoms with E-state index < -0.39 is 4.92 Å². The van der Waals surface area contributed by atoms with Gasteiger partial charge in [0.25, 0.3) is 11.6 Å². The third kappa shape index (κ3) is 3.41. The molecule has 1 amide bonds. The lowest BCUT2D eigenvalue weighted by atomic mass is 10.2. The Hall–Kier alpha value is -2.15. The van der Waals surface area contributed by atoms with Gasteiger partial charge in [-0.1, -0.05) is 15.9 Å². The number of hydrogen-bond donors (Lipinski definition) is 2. The van der Waals surface area contributed by atoms with Gasteiger partial charge < -0.3 is 10.3 Å². The molecule has 0 unspecified atom stereocenters. The fourth-order valence-electron chi connectivity index (χ4n) is 1.56. The summed E-state index contributed by atoms with van der Waals surface area (Å²) in [7, 11) is 0. The molecule has 19 heavy (non-hydrogen) atoms. The van der Waals surface area contributed by atoms with E-state index in [1.807, 2.05) is 6.07 Å². The minimum atomic E-state index is -0.534. The predicted octanol–water partition coefficient (Wildman–Crippen LogP) is 2.62. The van der Waals surface area contributed by atoms with Crippen molar-refractivity contribution in [2.75, 3.05) is 0 Å². The van der Waals surface area contributed by atoms with Gasteiger partial charge in [-0.2, -0.15) is 0 Å². The number of nitro benzene ring substituents is 1. The summed E-state index contributed by atoms with van der Waals surface area (Å²) in [5, 5.41) is 13.4. The first kappa shape index (κ1) is 13.3. The summed E-state index contributed by atoms with van der Waals surface area (Å²) in [4.78, 5) is 25.0. The summed E-state index contributed by atoms with van der Waals surface area (Å²) in [5.74, 6) is -0.356. The van der Waals surface area contributed by atoms with Crippen LogP contribution in [0.25, 0.3) is 0 Å². The number of rotatable bonds is 4. The monoisotopic (exact) mass is 323 g/mol. The molecular weight excluding hydrogens is 314 g/mol. The number of hydrogen-bond acceptors (Lipinski definition) is 3. The predicted molar refractivity (Wildman–Crippen MR) is 72.8 cm³/mol. The van der Waals surface area contributed by atoms with Gasteiger partial charge in [0.15, 0.2) is 0 Å². The number of nitro groups is 1. The Bertz CT molecular complexity index is 611. The summed E-state index contributed by atoms with van der Waals surface area (Å²) >= 11 is 3.15. The SMILES string of the molecule is O=C(NCc1cc[nH]c1)c1cc(Br)cc([N+](=O)[O-])c1. The van der Waals surface area contributed by atoms with E-state index in [-0.39, 0.29) is 17.2 Å². The van der Waals surface area contributed by atoms with Crippen LogP contribution in [0.4, 0.5) is 5.69 Å². The Morgan fingerprint density at radius 1 is 1.42 bits per heavy atom. The molecule has 98 valence electrons. The summed E-state index contributed by atoms with van der Waals surface area (Å²) in [6.07, 6.45) is 3.52. The third-order valence-corrected chi connectivity index (χ3v) is 2.93. The van der Waals surface area contributed by atoms with Crippen LogP contribution in [0.5, 0.6) is 0 Å². The van der Waals surface area contributed by atoms with Crippen molar-refractivity contribution in [3.63, 3.8) is 0 Å². The second-order valence-electron chi connectivity index (χ2n) is 3.86. The maximum Gasteiger partial charge on any atom is 0.271 e. The summed E-state index contributed by atoms with van der Waals surface area (Å²) in [6.45, 7) is 0.364. The van der Waals surface area contributed by atoms with E-state index in [1.165, 1.54) is 12.1 Å². The van der Waals surface area contributed by atoms with Crippen molar-refractivity contribution < 1.29 is 9.72 Å². The molecule has 0 aliphatic heterocycles. The van der Waals surface area contributed by atoms with Crippen molar-refractivity contribution in [2.24, 2.45) is 0 Å². The Morgan fingerprint density at radius 3 is 2.84 bits per heavy atom. The highest BCUT2D eigenvalue weighted by molar-refractivity contribution is 9.10. The van der Waals surface area contributed by atoms with E-state index in [2.05, 4.69) is 26.2 Å². The fraction of sp³-hybridized carbons (Fsp3) is 0.0833. The minimum Gasteiger partial charge on any atom is -0.367 e. The largest absolute Gasteiger partial charge is 0.367 e. The van der Waals surface area contributed by atoms with Gasteiger partial charge in [-0.05, 0) is 17.7 Å². The van der Waals surface area contributed by atoms with Crippen LogP contribution < -0.4 is 5.32 Å². The van der Waals surface area contributed by atoms with Crippen molar-refractivity contribution in [3.05, 3.63) is 62.4 Å². The molecule has 6 nitrogen and oxygen atoms in total. The lowest BCUT2D eigenvalue weighted by Gasteiger charge is -2.04. The lowest BCUT2D eigenvalue weighted by molar-refractivity contribution is -0.385. The maximum absolute atomic E-state index is 11.9. The van der Waals surface area contributed by atoms with Crippen LogP contribution in [0.2, 0.25) is 0 Å². The highest BCUT2D eigenvalue weighted by Gasteiger charge is 2.13. The van der Waals surface area contributed by atoms with E-state index in [1.54, 1.807) is 18.5 Å². The molecule has 0 spiro atoms. The molecule has 1 aromatic carbocycles. The van der Waals surface area contributed by atoms with Crippen LogP contribution in [0.3, 0.4) is 0 Å². The number of carbonyl (C=O) groups excluding carboxylic acids is 1. The molecule has 2 aromatic rings. The molecule has 0 aliphatic carbocycles. The van der Waals surface area contributed by atoms with Crippen LogP contribution in [-0.2, 0) is 6.54 Å². The van der Waals surface area contributed by atoms with Gasteiger partial charge in [0.2, 0.25) is 0 Å². The minimum absolute atomic E-state index is 0.124. The number of aromatic nitrogens is 1. The molecule has 1 aromatic heterocycles. The molecular formula is C12H10BrN3O3. The first-order valence-electron chi connectivity index (χ1n) is 5.41. The normalized spacial score (nSPS) is 10.2. The average Bonchev–Trinajstić information content (AvgIpc) is 2.88. The molecule has 0 aliphatic rings. The number of aromatic amines is 1. The van der Waals surface area contributed by atoms with Crippen LogP contribution >= 0.6 is 15.9 Å². The van der Waals surface area contributed by atoms with Crippen LogP contribution in [0.1, 0.15) is 15.9 Å². The number of nitrogens with one attached hydrogen (secondary N) is 2. The number of H-pyrrole nitrogens is 1. The zero-order chi connectivity index (χ0) is 13.8. The molecule has 0 fully saturated rings. The van der Waals surface area contributed by atoms with E-state index in [4.69, 9.17) is 0 Å². The fourth-order valence-corrected chi connectivity index (χ4v) is 2.04. The first-order valence-corrected chi connectivity index (χ1v) is 6.20. The molecule has 1 heterocycles. The molecule has 0 saturated heterocycles.